The van der Waals surface area contributed by atoms with Crippen LogP contribution in [0.3, 0.4) is 0 Å². The highest BCUT2D eigenvalue weighted by Crippen LogP contribution is 2.28. The Bertz CT molecular complexity index is 343. The molecular formula is C14H21NO. The van der Waals surface area contributed by atoms with Gasteiger partial charge in [-0.3, -0.25) is 0 Å². The molecule has 0 aromatic heterocycles. The minimum absolute atomic E-state index is 0.357. The number of phenolic OH excluding ortho intramolecular Hbond substituents is 1. The van der Waals surface area contributed by atoms with Crippen LogP contribution in [0.15, 0.2) is 18.2 Å². The van der Waals surface area contributed by atoms with E-state index in [1.165, 1.54) is 37.7 Å². The van der Waals surface area contributed by atoms with Gasteiger partial charge in [-0.25, -0.2) is 0 Å². The van der Waals surface area contributed by atoms with E-state index in [9.17, 15) is 5.11 Å². The zero-order valence-electron chi connectivity index (χ0n) is 9.78. The molecule has 1 aliphatic carbocycles. The maximum absolute atomic E-state index is 9.74. The van der Waals surface area contributed by atoms with Crippen LogP contribution in [0, 0.1) is 5.92 Å². The van der Waals surface area contributed by atoms with Gasteiger partial charge in [0.15, 0.2) is 0 Å². The van der Waals surface area contributed by atoms with Crippen LogP contribution < -0.4 is 5.73 Å². The molecule has 0 saturated heterocycles. The third-order valence-electron chi connectivity index (χ3n) is 3.62. The molecule has 2 rings (SSSR count). The van der Waals surface area contributed by atoms with E-state index in [-0.39, 0.29) is 0 Å². The van der Waals surface area contributed by atoms with Crippen molar-refractivity contribution in [3.05, 3.63) is 29.3 Å². The molecule has 0 aliphatic heterocycles. The number of phenols is 1. The Balaban J connectivity index is 2.01. The molecule has 1 saturated carbocycles. The zero-order chi connectivity index (χ0) is 11.4. The highest BCUT2D eigenvalue weighted by molar-refractivity contribution is 5.36. The van der Waals surface area contributed by atoms with Crippen molar-refractivity contribution in [3.63, 3.8) is 0 Å². The lowest BCUT2D eigenvalue weighted by Crippen LogP contribution is -2.09. The molecule has 3 N–H and O–H groups in total. The molecular weight excluding hydrogens is 198 g/mol. The standard InChI is InChI=1S/C14H21NO/c15-10-13-7-6-12(9-14(13)16)8-11-4-2-1-3-5-11/h6-7,9,11,16H,1-5,8,10,15H2. The van der Waals surface area contributed by atoms with E-state index < -0.39 is 0 Å². The molecule has 16 heavy (non-hydrogen) atoms. The van der Waals surface area contributed by atoms with E-state index >= 15 is 0 Å². The molecule has 1 aromatic rings. The van der Waals surface area contributed by atoms with Gasteiger partial charge in [0.25, 0.3) is 0 Å². The Hall–Kier alpha value is -1.02. The third kappa shape index (κ3) is 2.76. The summed E-state index contributed by atoms with van der Waals surface area (Å²) in [5.74, 6) is 1.17. The second-order valence-corrected chi connectivity index (χ2v) is 4.88. The third-order valence-corrected chi connectivity index (χ3v) is 3.62. The van der Waals surface area contributed by atoms with Crippen LogP contribution in [0.4, 0.5) is 0 Å². The van der Waals surface area contributed by atoms with E-state index in [2.05, 4.69) is 6.07 Å². The predicted molar refractivity (Wildman–Crippen MR) is 66.3 cm³/mol. The topological polar surface area (TPSA) is 46.2 Å². The van der Waals surface area contributed by atoms with Gasteiger partial charge >= 0.3 is 0 Å². The van der Waals surface area contributed by atoms with E-state index in [1.54, 1.807) is 0 Å². The smallest absolute Gasteiger partial charge is 0.120 e. The van der Waals surface area contributed by atoms with Crippen molar-refractivity contribution in [2.75, 3.05) is 0 Å². The lowest BCUT2D eigenvalue weighted by Gasteiger charge is -2.21. The maximum Gasteiger partial charge on any atom is 0.120 e. The van der Waals surface area contributed by atoms with Gasteiger partial charge < -0.3 is 10.8 Å². The SMILES string of the molecule is NCc1ccc(CC2CCCCC2)cc1O. The zero-order valence-corrected chi connectivity index (χ0v) is 9.78. The van der Waals surface area contributed by atoms with Crippen LogP contribution in [0.1, 0.15) is 43.2 Å². The average molecular weight is 219 g/mol. The van der Waals surface area contributed by atoms with Crippen LogP contribution >= 0.6 is 0 Å². The summed E-state index contributed by atoms with van der Waals surface area (Å²) in [6.45, 7) is 0.412. The van der Waals surface area contributed by atoms with Gasteiger partial charge in [0.2, 0.25) is 0 Å². The quantitative estimate of drug-likeness (QED) is 0.821. The molecule has 1 fully saturated rings. The Morgan fingerprint density at radius 3 is 2.56 bits per heavy atom. The van der Waals surface area contributed by atoms with E-state index in [0.717, 1.165) is 17.9 Å². The van der Waals surface area contributed by atoms with Gasteiger partial charge in [0, 0.05) is 12.1 Å². The van der Waals surface area contributed by atoms with Gasteiger partial charge in [0.05, 0.1) is 0 Å². The van der Waals surface area contributed by atoms with Gasteiger partial charge in [0.1, 0.15) is 5.75 Å². The number of nitrogens with two attached hydrogens (primary N) is 1. The van der Waals surface area contributed by atoms with Crippen molar-refractivity contribution in [1.82, 2.24) is 0 Å². The first-order valence-corrected chi connectivity index (χ1v) is 6.30. The van der Waals surface area contributed by atoms with Gasteiger partial charge in [-0.15, -0.1) is 0 Å². The summed E-state index contributed by atoms with van der Waals surface area (Å²) in [6.07, 6.45) is 7.94. The average Bonchev–Trinajstić information content (AvgIpc) is 2.31. The monoisotopic (exact) mass is 219 g/mol. The first-order chi connectivity index (χ1) is 7.79. The molecule has 0 bridgehead atoms. The van der Waals surface area contributed by atoms with Gasteiger partial charge in [-0.05, 0) is 24.0 Å². The summed E-state index contributed by atoms with van der Waals surface area (Å²) in [5.41, 5.74) is 7.62. The fourth-order valence-electron chi connectivity index (χ4n) is 2.63. The van der Waals surface area contributed by atoms with Gasteiger partial charge in [-0.1, -0.05) is 44.2 Å². The maximum atomic E-state index is 9.74. The number of aromatic hydroxyl groups is 1. The minimum Gasteiger partial charge on any atom is -0.508 e. The number of benzene rings is 1. The van der Waals surface area contributed by atoms with Gasteiger partial charge in [-0.2, -0.15) is 0 Å². The summed E-state index contributed by atoms with van der Waals surface area (Å²) in [5, 5.41) is 9.74. The summed E-state index contributed by atoms with van der Waals surface area (Å²) in [7, 11) is 0. The molecule has 0 unspecified atom stereocenters. The fourth-order valence-corrected chi connectivity index (χ4v) is 2.63. The highest BCUT2D eigenvalue weighted by Gasteiger charge is 2.14. The van der Waals surface area contributed by atoms with Crippen LogP contribution in [-0.2, 0) is 13.0 Å². The summed E-state index contributed by atoms with van der Waals surface area (Å²) < 4.78 is 0. The number of hydrogen-bond acceptors (Lipinski definition) is 2. The lowest BCUT2D eigenvalue weighted by molar-refractivity contribution is 0.356. The lowest BCUT2D eigenvalue weighted by atomic mass is 9.85. The Morgan fingerprint density at radius 2 is 1.94 bits per heavy atom. The molecule has 0 amide bonds. The first kappa shape index (κ1) is 11.5. The van der Waals surface area contributed by atoms with Crippen LogP contribution in [-0.4, -0.2) is 5.11 Å². The molecule has 0 spiro atoms. The van der Waals surface area contributed by atoms with Crippen molar-refractivity contribution in [3.8, 4) is 5.75 Å². The minimum atomic E-state index is 0.357. The Kier molecular flexibility index (Phi) is 3.83. The summed E-state index contributed by atoms with van der Waals surface area (Å²) in [4.78, 5) is 0. The van der Waals surface area contributed by atoms with Crippen LogP contribution in [0.2, 0.25) is 0 Å². The van der Waals surface area contributed by atoms with E-state index in [0.29, 0.717) is 12.3 Å². The first-order valence-electron chi connectivity index (χ1n) is 6.30. The normalized spacial score (nSPS) is 17.6. The molecule has 2 nitrogen and oxygen atoms in total. The van der Waals surface area contributed by atoms with Crippen molar-refractivity contribution in [2.24, 2.45) is 11.7 Å². The second-order valence-electron chi connectivity index (χ2n) is 4.88. The fraction of sp³-hybridized carbons (Fsp3) is 0.571. The largest absolute Gasteiger partial charge is 0.508 e. The molecule has 2 heteroatoms. The highest BCUT2D eigenvalue weighted by atomic mass is 16.3. The van der Waals surface area contributed by atoms with Crippen LogP contribution in [0.5, 0.6) is 5.75 Å². The van der Waals surface area contributed by atoms with Crippen molar-refractivity contribution >= 4 is 0 Å². The van der Waals surface area contributed by atoms with Crippen molar-refractivity contribution in [1.29, 1.82) is 0 Å². The van der Waals surface area contributed by atoms with Crippen LogP contribution in [0.25, 0.3) is 0 Å². The number of hydrogen-bond donors (Lipinski definition) is 2. The van der Waals surface area contributed by atoms with Crippen molar-refractivity contribution in [2.45, 2.75) is 45.1 Å². The van der Waals surface area contributed by atoms with E-state index in [4.69, 9.17) is 5.73 Å². The predicted octanol–water partition coefficient (Wildman–Crippen LogP) is 2.97. The van der Waals surface area contributed by atoms with Crippen molar-refractivity contribution < 1.29 is 5.11 Å². The molecule has 1 aliphatic rings. The summed E-state index contributed by atoms with van der Waals surface area (Å²) in [6, 6.07) is 5.95. The number of rotatable bonds is 3. The molecule has 88 valence electrons. The Morgan fingerprint density at radius 1 is 1.19 bits per heavy atom. The summed E-state index contributed by atoms with van der Waals surface area (Å²) >= 11 is 0. The Labute approximate surface area is 97.5 Å². The molecule has 0 heterocycles. The molecule has 0 atom stereocenters. The second kappa shape index (κ2) is 5.35. The molecule has 0 radical (unpaired) electrons. The van der Waals surface area contributed by atoms with E-state index in [1.807, 2.05) is 12.1 Å². The molecule has 1 aromatic carbocycles.